The molecule has 1 aromatic carbocycles. The van der Waals surface area contributed by atoms with Gasteiger partial charge in [-0.1, -0.05) is 31.0 Å². The minimum atomic E-state index is -0.186. The number of nitrogens with one attached hydrogen (secondary N) is 1. The summed E-state index contributed by atoms with van der Waals surface area (Å²) in [4.78, 5) is 26.9. The minimum absolute atomic E-state index is 0.00570. The lowest BCUT2D eigenvalue weighted by Gasteiger charge is -2.35. The highest BCUT2D eigenvalue weighted by Crippen LogP contribution is 2.30. The Balaban J connectivity index is 1.53. The maximum atomic E-state index is 12.6. The van der Waals surface area contributed by atoms with Crippen LogP contribution in [-0.4, -0.2) is 41.9 Å². The van der Waals surface area contributed by atoms with Crippen molar-refractivity contribution in [3.63, 3.8) is 0 Å². The predicted octanol–water partition coefficient (Wildman–Crippen LogP) is 1.93. The van der Waals surface area contributed by atoms with Gasteiger partial charge in [0, 0.05) is 31.1 Å². The first-order chi connectivity index (χ1) is 11.6. The predicted molar refractivity (Wildman–Crippen MR) is 93.5 cm³/mol. The Bertz CT molecular complexity index is 574. The molecular formula is C19H27N3O2. The lowest BCUT2D eigenvalue weighted by Crippen LogP contribution is -2.54. The number of likely N-dealkylation sites (tertiary alicyclic amines) is 1. The molecule has 1 aliphatic heterocycles. The molecule has 1 saturated heterocycles. The van der Waals surface area contributed by atoms with Gasteiger partial charge in [-0.15, -0.1) is 0 Å². The lowest BCUT2D eigenvalue weighted by atomic mass is 9.92. The van der Waals surface area contributed by atoms with Crippen molar-refractivity contribution in [2.75, 3.05) is 19.6 Å². The van der Waals surface area contributed by atoms with Crippen molar-refractivity contribution in [2.45, 2.75) is 44.1 Å². The van der Waals surface area contributed by atoms with Gasteiger partial charge in [0.25, 0.3) is 5.91 Å². The van der Waals surface area contributed by atoms with Crippen LogP contribution in [0.5, 0.6) is 0 Å². The number of hydrogen-bond donors (Lipinski definition) is 2. The number of nitrogens with two attached hydrogens (primary N) is 1. The molecule has 1 aliphatic carbocycles. The van der Waals surface area contributed by atoms with E-state index in [1.54, 1.807) is 0 Å². The van der Waals surface area contributed by atoms with Crippen LogP contribution < -0.4 is 11.1 Å². The average Bonchev–Trinajstić information content (AvgIpc) is 3.11. The Kier molecular flexibility index (Phi) is 5.19. The van der Waals surface area contributed by atoms with Crippen molar-refractivity contribution in [1.29, 1.82) is 0 Å². The summed E-state index contributed by atoms with van der Waals surface area (Å²) in [7, 11) is 0. The maximum Gasteiger partial charge on any atom is 0.253 e. The number of carbonyl (C=O) groups excluding carboxylic acids is 2. The van der Waals surface area contributed by atoms with Crippen LogP contribution in [0.2, 0.25) is 0 Å². The fourth-order valence-electron chi connectivity index (χ4n) is 3.90. The number of benzene rings is 1. The van der Waals surface area contributed by atoms with Crippen LogP contribution in [0.4, 0.5) is 0 Å². The molecule has 3 N–H and O–H groups in total. The highest BCUT2D eigenvalue weighted by atomic mass is 16.2. The molecular weight excluding hydrogens is 302 g/mol. The summed E-state index contributed by atoms with van der Waals surface area (Å²) in [6.45, 7) is 1.80. The van der Waals surface area contributed by atoms with Gasteiger partial charge in [0.2, 0.25) is 5.91 Å². The van der Waals surface area contributed by atoms with E-state index in [1.807, 2.05) is 35.2 Å². The monoisotopic (exact) mass is 329 g/mol. The Labute approximate surface area is 143 Å². The molecule has 130 valence electrons. The zero-order chi connectivity index (χ0) is 17.0. The third-order valence-corrected chi connectivity index (χ3v) is 5.51. The van der Waals surface area contributed by atoms with Crippen LogP contribution in [0, 0.1) is 5.92 Å². The summed E-state index contributed by atoms with van der Waals surface area (Å²) in [5, 5.41) is 3.22. The zero-order valence-electron chi connectivity index (χ0n) is 14.2. The fourth-order valence-corrected chi connectivity index (χ4v) is 3.90. The molecule has 1 heterocycles. The molecule has 2 fully saturated rings. The summed E-state index contributed by atoms with van der Waals surface area (Å²) in [6.07, 6.45) is 5.71. The van der Waals surface area contributed by atoms with Gasteiger partial charge in [0.1, 0.15) is 0 Å². The average molecular weight is 329 g/mol. The standard InChI is InChI=1S/C19H27N3O2/c20-14-19(10-4-5-11-19)21-17(23)15-8-12-22(13-9-15)18(24)16-6-2-1-3-7-16/h1-3,6-7,15H,4-5,8-14,20H2,(H,21,23). The number of rotatable bonds is 4. The van der Waals surface area contributed by atoms with Crippen LogP contribution in [0.3, 0.4) is 0 Å². The van der Waals surface area contributed by atoms with Crippen molar-refractivity contribution in [2.24, 2.45) is 11.7 Å². The molecule has 5 nitrogen and oxygen atoms in total. The van der Waals surface area contributed by atoms with Gasteiger partial charge in [0.15, 0.2) is 0 Å². The van der Waals surface area contributed by atoms with Crippen LogP contribution in [-0.2, 0) is 4.79 Å². The maximum absolute atomic E-state index is 12.6. The van der Waals surface area contributed by atoms with Gasteiger partial charge in [-0.3, -0.25) is 9.59 Å². The van der Waals surface area contributed by atoms with Gasteiger partial charge >= 0.3 is 0 Å². The number of amides is 2. The summed E-state index contributed by atoms with van der Waals surface area (Å²) >= 11 is 0. The first-order valence-corrected chi connectivity index (χ1v) is 9.00. The Morgan fingerprint density at radius 1 is 1.12 bits per heavy atom. The second-order valence-electron chi connectivity index (χ2n) is 7.11. The summed E-state index contributed by atoms with van der Waals surface area (Å²) in [6, 6.07) is 9.34. The van der Waals surface area contributed by atoms with Crippen molar-refractivity contribution in [3.8, 4) is 0 Å². The summed E-state index contributed by atoms with van der Waals surface area (Å²) < 4.78 is 0. The molecule has 0 unspecified atom stereocenters. The second kappa shape index (κ2) is 7.34. The second-order valence-corrected chi connectivity index (χ2v) is 7.11. The van der Waals surface area contributed by atoms with Crippen LogP contribution in [0.25, 0.3) is 0 Å². The quantitative estimate of drug-likeness (QED) is 0.886. The van der Waals surface area contributed by atoms with E-state index in [0.29, 0.717) is 25.2 Å². The lowest BCUT2D eigenvalue weighted by molar-refractivity contribution is -0.128. The van der Waals surface area contributed by atoms with Gasteiger partial charge < -0.3 is 16.0 Å². The molecule has 2 amide bonds. The van der Waals surface area contributed by atoms with E-state index >= 15 is 0 Å². The third-order valence-electron chi connectivity index (χ3n) is 5.51. The zero-order valence-corrected chi connectivity index (χ0v) is 14.2. The van der Waals surface area contributed by atoms with E-state index in [2.05, 4.69) is 5.32 Å². The summed E-state index contributed by atoms with van der Waals surface area (Å²) in [5.74, 6) is 0.173. The topological polar surface area (TPSA) is 75.4 Å². The molecule has 3 rings (SSSR count). The number of carbonyl (C=O) groups is 2. The van der Waals surface area contributed by atoms with Crippen LogP contribution in [0.1, 0.15) is 48.9 Å². The van der Waals surface area contributed by atoms with Gasteiger partial charge in [0.05, 0.1) is 5.54 Å². The molecule has 0 aromatic heterocycles. The van der Waals surface area contributed by atoms with E-state index in [4.69, 9.17) is 5.73 Å². The van der Waals surface area contributed by atoms with E-state index in [0.717, 1.165) is 38.5 Å². The molecule has 0 spiro atoms. The largest absolute Gasteiger partial charge is 0.349 e. The van der Waals surface area contributed by atoms with Gasteiger partial charge in [-0.2, -0.15) is 0 Å². The molecule has 1 saturated carbocycles. The summed E-state index contributed by atoms with van der Waals surface area (Å²) in [5.41, 5.74) is 6.43. The molecule has 0 atom stereocenters. The van der Waals surface area contributed by atoms with Crippen LogP contribution >= 0.6 is 0 Å². The smallest absolute Gasteiger partial charge is 0.253 e. The minimum Gasteiger partial charge on any atom is -0.349 e. The molecule has 0 radical (unpaired) electrons. The number of hydrogen-bond acceptors (Lipinski definition) is 3. The van der Waals surface area contributed by atoms with E-state index in [9.17, 15) is 9.59 Å². The Hall–Kier alpha value is -1.88. The molecule has 5 heteroatoms. The molecule has 24 heavy (non-hydrogen) atoms. The van der Waals surface area contributed by atoms with Gasteiger partial charge in [-0.25, -0.2) is 0 Å². The van der Waals surface area contributed by atoms with E-state index in [-0.39, 0.29) is 23.3 Å². The number of nitrogens with zero attached hydrogens (tertiary/aromatic N) is 1. The van der Waals surface area contributed by atoms with Crippen molar-refractivity contribution in [3.05, 3.63) is 35.9 Å². The Morgan fingerprint density at radius 3 is 2.33 bits per heavy atom. The molecule has 2 aliphatic rings. The third kappa shape index (κ3) is 3.61. The van der Waals surface area contributed by atoms with Crippen molar-refractivity contribution in [1.82, 2.24) is 10.2 Å². The van der Waals surface area contributed by atoms with Crippen molar-refractivity contribution >= 4 is 11.8 Å². The van der Waals surface area contributed by atoms with E-state index in [1.165, 1.54) is 0 Å². The first-order valence-electron chi connectivity index (χ1n) is 9.00. The molecule has 1 aromatic rings. The van der Waals surface area contributed by atoms with Gasteiger partial charge in [-0.05, 0) is 37.8 Å². The SMILES string of the molecule is NCC1(NC(=O)C2CCN(C(=O)c3ccccc3)CC2)CCCC1. The normalized spacial score (nSPS) is 20.8. The highest BCUT2D eigenvalue weighted by molar-refractivity contribution is 5.94. The van der Waals surface area contributed by atoms with E-state index < -0.39 is 0 Å². The number of piperidine rings is 1. The first kappa shape index (κ1) is 17.0. The fraction of sp³-hybridized carbons (Fsp3) is 0.579. The van der Waals surface area contributed by atoms with Crippen molar-refractivity contribution < 1.29 is 9.59 Å². The Morgan fingerprint density at radius 2 is 1.75 bits per heavy atom. The molecule has 0 bridgehead atoms. The van der Waals surface area contributed by atoms with Crippen LogP contribution in [0.15, 0.2) is 30.3 Å². The highest BCUT2D eigenvalue weighted by Gasteiger charge is 2.36.